The summed E-state index contributed by atoms with van der Waals surface area (Å²) in [6.07, 6.45) is 0. The summed E-state index contributed by atoms with van der Waals surface area (Å²) in [5.41, 5.74) is 5.34. The molecular weight excluding hydrogens is 440 g/mol. The van der Waals surface area contributed by atoms with Gasteiger partial charge in [0.2, 0.25) is 0 Å². The van der Waals surface area contributed by atoms with E-state index in [4.69, 9.17) is 11.6 Å². The first-order chi connectivity index (χ1) is 15.4. The van der Waals surface area contributed by atoms with Crippen LogP contribution < -0.4 is 4.90 Å². The SMILES string of the molecule is Cc1cccc(CN2C(=O)C3(SCCN3C(=O)c3ccccc3C)c3cc(Cl)ccc32)c1. The van der Waals surface area contributed by atoms with Gasteiger partial charge in [0.15, 0.2) is 4.87 Å². The fraction of sp³-hybridized carbons (Fsp3) is 0.231. The van der Waals surface area contributed by atoms with Gasteiger partial charge < -0.3 is 9.80 Å². The number of carbonyl (C=O) groups is 2. The third-order valence-corrected chi connectivity index (χ3v) is 7.85. The summed E-state index contributed by atoms with van der Waals surface area (Å²) >= 11 is 7.91. The van der Waals surface area contributed by atoms with Crippen LogP contribution >= 0.6 is 23.4 Å². The molecule has 3 aromatic carbocycles. The van der Waals surface area contributed by atoms with Gasteiger partial charge in [-0.3, -0.25) is 9.59 Å². The number of rotatable bonds is 3. The number of amides is 2. The summed E-state index contributed by atoms with van der Waals surface area (Å²) in [7, 11) is 0. The second kappa shape index (κ2) is 7.98. The van der Waals surface area contributed by atoms with Crippen molar-refractivity contribution in [1.82, 2.24) is 4.90 Å². The molecule has 1 saturated heterocycles. The number of benzene rings is 3. The monoisotopic (exact) mass is 462 g/mol. The molecule has 4 nitrogen and oxygen atoms in total. The lowest BCUT2D eigenvalue weighted by atomic mass is 10.0. The summed E-state index contributed by atoms with van der Waals surface area (Å²) in [5.74, 6) is 0.485. The van der Waals surface area contributed by atoms with Crippen LogP contribution in [0.1, 0.15) is 32.6 Å². The van der Waals surface area contributed by atoms with E-state index in [1.807, 2.05) is 74.5 Å². The number of fused-ring (bicyclic) bond motifs is 2. The Balaban J connectivity index is 1.61. The van der Waals surface area contributed by atoms with Gasteiger partial charge in [-0.1, -0.05) is 59.6 Å². The van der Waals surface area contributed by atoms with Gasteiger partial charge in [0, 0.05) is 28.4 Å². The molecule has 1 atom stereocenters. The Kier molecular flexibility index (Phi) is 5.26. The van der Waals surface area contributed by atoms with E-state index in [0.717, 1.165) is 27.9 Å². The van der Waals surface area contributed by atoms with Crippen molar-refractivity contribution in [2.75, 3.05) is 17.2 Å². The van der Waals surface area contributed by atoms with Gasteiger partial charge in [0.25, 0.3) is 11.8 Å². The maximum Gasteiger partial charge on any atom is 0.268 e. The van der Waals surface area contributed by atoms with E-state index in [-0.39, 0.29) is 11.8 Å². The number of carbonyl (C=O) groups excluding carboxylic acids is 2. The van der Waals surface area contributed by atoms with Crippen LogP contribution in [0.4, 0.5) is 5.69 Å². The molecule has 32 heavy (non-hydrogen) atoms. The van der Waals surface area contributed by atoms with Crippen LogP contribution in [0.5, 0.6) is 0 Å². The second-order valence-electron chi connectivity index (χ2n) is 8.31. The van der Waals surface area contributed by atoms with Crippen LogP contribution in [-0.4, -0.2) is 29.0 Å². The van der Waals surface area contributed by atoms with Gasteiger partial charge in [0.1, 0.15) is 0 Å². The van der Waals surface area contributed by atoms with Gasteiger partial charge in [-0.15, -0.1) is 11.8 Å². The Morgan fingerprint density at radius 1 is 1.06 bits per heavy atom. The summed E-state index contributed by atoms with van der Waals surface area (Å²) in [4.78, 5) is 30.2. The van der Waals surface area contributed by atoms with E-state index < -0.39 is 4.87 Å². The number of hydrogen-bond donors (Lipinski definition) is 0. The smallest absolute Gasteiger partial charge is 0.268 e. The van der Waals surface area contributed by atoms with E-state index >= 15 is 0 Å². The Morgan fingerprint density at radius 3 is 2.66 bits per heavy atom. The molecule has 5 rings (SSSR count). The molecule has 2 heterocycles. The van der Waals surface area contributed by atoms with E-state index in [1.54, 1.807) is 9.80 Å². The highest BCUT2D eigenvalue weighted by Crippen LogP contribution is 2.55. The van der Waals surface area contributed by atoms with Crippen LogP contribution in [0, 0.1) is 13.8 Å². The Bertz CT molecular complexity index is 1240. The van der Waals surface area contributed by atoms with Crippen LogP contribution in [0.3, 0.4) is 0 Å². The topological polar surface area (TPSA) is 40.6 Å². The van der Waals surface area contributed by atoms with Crippen LogP contribution in [0.25, 0.3) is 0 Å². The number of halogens is 1. The molecular formula is C26H23ClN2O2S. The van der Waals surface area contributed by atoms with Crippen molar-refractivity contribution >= 4 is 40.9 Å². The predicted molar refractivity (Wildman–Crippen MR) is 130 cm³/mol. The first-order valence-corrected chi connectivity index (χ1v) is 12.0. The molecule has 0 saturated carbocycles. The molecule has 0 aliphatic carbocycles. The van der Waals surface area contributed by atoms with Gasteiger partial charge >= 0.3 is 0 Å². The quantitative estimate of drug-likeness (QED) is 0.512. The summed E-state index contributed by atoms with van der Waals surface area (Å²) in [6.45, 7) is 4.92. The Morgan fingerprint density at radius 2 is 1.88 bits per heavy atom. The maximum atomic E-state index is 14.1. The van der Waals surface area contributed by atoms with Crippen molar-refractivity contribution in [2.24, 2.45) is 0 Å². The largest absolute Gasteiger partial charge is 0.311 e. The van der Waals surface area contributed by atoms with E-state index in [2.05, 4.69) is 6.07 Å². The van der Waals surface area contributed by atoms with Gasteiger partial charge in [0.05, 0.1) is 12.2 Å². The fourth-order valence-electron chi connectivity index (χ4n) is 4.70. The number of aryl methyl sites for hydroxylation is 2. The van der Waals surface area contributed by atoms with Crippen LogP contribution in [-0.2, 0) is 16.2 Å². The highest BCUT2D eigenvalue weighted by molar-refractivity contribution is 8.01. The Hall–Kier alpha value is -2.76. The molecule has 0 aromatic heterocycles. The predicted octanol–water partition coefficient (Wildman–Crippen LogP) is 5.55. The molecule has 1 fully saturated rings. The van der Waals surface area contributed by atoms with Crippen molar-refractivity contribution in [3.63, 3.8) is 0 Å². The summed E-state index contributed by atoms with van der Waals surface area (Å²) in [5, 5.41) is 0.559. The average Bonchev–Trinajstić information content (AvgIpc) is 3.31. The molecule has 3 aromatic rings. The average molecular weight is 463 g/mol. The van der Waals surface area contributed by atoms with Gasteiger partial charge in [-0.2, -0.15) is 0 Å². The van der Waals surface area contributed by atoms with E-state index in [1.165, 1.54) is 11.8 Å². The van der Waals surface area contributed by atoms with Crippen molar-refractivity contribution < 1.29 is 9.59 Å². The molecule has 162 valence electrons. The lowest BCUT2D eigenvalue weighted by molar-refractivity contribution is -0.123. The summed E-state index contributed by atoms with van der Waals surface area (Å²) < 4.78 is 0. The zero-order chi connectivity index (χ0) is 22.5. The zero-order valence-electron chi connectivity index (χ0n) is 18.0. The van der Waals surface area contributed by atoms with Crippen molar-refractivity contribution in [1.29, 1.82) is 0 Å². The Labute approximate surface area is 197 Å². The van der Waals surface area contributed by atoms with Gasteiger partial charge in [-0.25, -0.2) is 0 Å². The van der Waals surface area contributed by atoms with Crippen LogP contribution in [0.2, 0.25) is 5.02 Å². The minimum absolute atomic E-state index is 0.0827. The molecule has 2 amide bonds. The molecule has 2 aliphatic rings. The lowest BCUT2D eigenvalue weighted by Gasteiger charge is -2.33. The standard InChI is InChI=1S/C26H23ClN2O2S/c1-17-6-5-8-19(14-17)16-28-23-11-10-20(27)15-22(23)26(25(28)31)29(12-13-32-26)24(30)21-9-4-3-7-18(21)2/h3-11,14-15H,12-13,16H2,1-2H3. The summed E-state index contributed by atoms with van der Waals surface area (Å²) in [6, 6.07) is 21.2. The lowest BCUT2D eigenvalue weighted by Crippen LogP contribution is -2.50. The van der Waals surface area contributed by atoms with Crippen molar-refractivity contribution in [2.45, 2.75) is 25.3 Å². The van der Waals surface area contributed by atoms with Crippen molar-refractivity contribution in [3.05, 3.63) is 99.6 Å². The molecule has 2 aliphatic heterocycles. The highest BCUT2D eigenvalue weighted by atomic mass is 35.5. The molecule has 1 spiro atoms. The third-order valence-electron chi connectivity index (χ3n) is 6.20. The number of anilines is 1. The maximum absolute atomic E-state index is 14.1. The fourth-order valence-corrected chi connectivity index (χ4v) is 6.32. The first-order valence-electron chi connectivity index (χ1n) is 10.6. The highest BCUT2D eigenvalue weighted by Gasteiger charge is 2.59. The van der Waals surface area contributed by atoms with Gasteiger partial charge in [-0.05, 0) is 49.2 Å². The first kappa shape index (κ1) is 21.1. The minimum atomic E-state index is -1.09. The van der Waals surface area contributed by atoms with Crippen LogP contribution in [0.15, 0.2) is 66.7 Å². The number of nitrogens with zero attached hydrogens (tertiary/aromatic N) is 2. The van der Waals surface area contributed by atoms with E-state index in [0.29, 0.717) is 29.4 Å². The minimum Gasteiger partial charge on any atom is -0.311 e. The number of thioether (sulfide) groups is 1. The zero-order valence-corrected chi connectivity index (χ0v) is 19.5. The third kappa shape index (κ3) is 3.23. The second-order valence-corrected chi connectivity index (χ2v) is 10.0. The van der Waals surface area contributed by atoms with E-state index in [9.17, 15) is 9.59 Å². The molecule has 6 heteroatoms. The molecule has 0 bridgehead atoms. The molecule has 1 unspecified atom stereocenters. The number of hydrogen-bond acceptors (Lipinski definition) is 3. The van der Waals surface area contributed by atoms with Crippen molar-refractivity contribution in [3.8, 4) is 0 Å². The molecule has 0 N–H and O–H groups in total. The normalized spacial score (nSPS) is 19.7. The molecule has 0 radical (unpaired) electrons.